The molecular formula is C12H15N3. The molecule has 3 rings (SSSR count). The molecule has 1 atom stereocenters. The molecule has 0 spiro atoms. The maximum atomic E-state index is 4.63. The first-order chi connectivity index (χ1) is 7.33. The molecule has 78 valence electrons. The summed E-state index contributed by atoms with van der Waals surface area (Å²) in [7, 11) is 0. The van der Waals surface area contributed by atoms with E-state index in [1.807, 2.05) is 4.52 Å². The number of aromatic nitrogens is 2. The zero-order valence-electron chi connectivity index (χ0n) is 8.90. The number of nitrogens with one attached hydrogen (secondary N) is 1. The van der Waals surface area contributed by atoms with Crippen molar-refractivity contribution in [2.75, 3.05) is 13.1 Å². The fraction of sp³-hybridized carbons (Fsp3) is 0.417. The summed E-state index contributed by atoms with van der Waals surface area (Å²) in [6, 6.07) is 6.47. The molecule has 3 heterocycles. The van der Waals surface area contributed by atoms with Gasteiger partial charge >= 0.3 is 0 Å². The highest BCUT2D eigenvalue weighted by Crippen LogP contribution is 2.22. The van der Waals surface area contributed by atoms with Gasteiger partial charge in [0.05, 0.1) is 11.2 Å². The van der Waals surface area contributed by atoms with E-state index >= 15 is 0 Å². The summed E-state index contributed by atoms with van der Waals surface area (Å²) >= 11 is 0. The van der Waals surface area contributed by atoms with Crippen molar-refractivity contribution < 1.29 is 0 Å². The van der Waals surface area contributed by atoms with E-state index in [1.165, 1.54) is 23.2 Å². The largest absolute Gasteiger partial charge is 0.316 e. The second-order valence-electron chi connectivity index (χ2n) is 4.33. The molecule has 0 aromatic carbocycles. The highest BCUT2D eigenvalue weighted by molar-refractivity contribution is 5.48. The minimum atomic E-state index is 0.602. The highest BCUT2D eigenvalue weighted by atomic mass is 15.2. The number of hydrogen-bond donors (Lipinski definition) is 1. The number of nitrogens with zero attached hydrogens (tertiary/aromatic N) is 2. The molecule has 0 saturated carbocycles. The summed E-state index contributed by atoms with van der Waals surface area (Å²) in [6.07, 6.45) is 3.30. The van der Waals surface area contributed by atoms with Gasteiger partial charge in [-0.2, -0.15) is 5.10 Å². The maximum Gasteiger partial charge on any atom is 0.0679 e. The van der Waals surface area contributed by atoms with Crippen molar-refractivity contribution >= 4 is 5.52 Å². The van der Waals surface area contributed by atoms with E-state index in [9.17, 15) is 0 Å². The lowest BCUT2D eigenvalue weighted by Gasteiger charge is -2.01. The van der Waals surface area contributed by atoms with Crippen LogP contribution in [-0.2, 0) is 0 Å². The predicted molar refractivity (Wildman–Crippen MR) is 60.2 cm³/mol. The molecule has 2 aromatic heterocycles. The molecule has 1 unspecified atom stereocenters. The van der Waals surface area contributed by atoms with Crippen molar-refractivity contribution in [3.05, 3.63) is 35.7 Å². The third-order valence-corrected chi connectivity index (χ3v) is 3.11. The van der Waals surface area contributed by atoms with Crippen LogP contribution in [0.1, 0.15) is 23.6 Å². The summed E-state index contributed by atoms with van der Waals surface area (Å²) in [5.41, 5.74) is 3.68. The molecule has 0 bridgehead atoms. The summed E-state index contributed by atoms with van der Waals surface area (Å²) in [5, 5.41) is 8.01. The van der Waals surface area contributed by atoms with Crippen molar-refractivity contribution in [2.24, 2.45) is 0 Å². The highest BCUT2D eigenvalue weighted by Gasteiger charge is 2.19. The van der Waals surface area contributed by atoms with Crippen LogP contribution < -0.4 is 5.32 Å². The fourth-order valence-electron chi connectivity index (χ4n) is 2.22. The lowest BCUT2D eigenvalue weighted by atomic mass is 10.1. The second kappa shape index (κ2) is 3.35. The van der Waals surface area contributed by atoms with E-state index < -0.39 is 0 Å². The standard InChI is InChI=1S/C12H15N3/c1-9-2-3-11-6-12(14-15(11)8-9)10-4-5-13-7-10/h2-3,6,8,10,13H,4-5,7H2,1H3. The van der Waals surface area contributed by atoms with Crippen molar-refractivity contribution in [1.82, 2.24) is 14.9 Å². The van der Waals surface area contributed by atoms with Crippen molar-refractivity contribution in [3.8, 4) is 0 Å². The molecule has 3 nitrogen and oxygen atoms in total. The Balaban J connectivity index is 2.05. The first-order valence-electron chi connectivity index (χ1n) is 5.49. The number of fused-ring (bicyclic) bond motifs is 1. The Morgan fingerprint density at radius 3 is 3.20 bits per heavy atom. The molecule has 0 amide bonds. The van der Waals surface area contributed by atoms with Gasteiger partial charge in [0.25, 0.3) is 0 Å². The molecule has 3 heteroatoms. The van der Waals surface area contributed by atoms with Gasteiger partial charge in [-0.1, -0.05) is 6.07 Å². The van der Waals surface area contributed by atoms with E-state index in [2.05, 4.69) is 41.7 Å². The Kier molecular flexibility index (Phi) is 1.99. The summed E-state index contributed by atoms with van der Waals surface area (Å²) in [6.45, 7) is 4.29. The Morgan fingerprint density at radius 2 is 2.40 bits per heavy atom. The van der Waals surface area contributed by atoms with Crippen LogP contribution in [-0.4, -0.2) is 22.7 Å². The van der Waals surface area contributed by atoms with Crippen LogP contribution in [0.3, 0.4) is 0 Å². The van der Waals surface area contributed by atoms with Crippen LogP contribution >= 0.6 is 0 Å². The van der Waals surface area contributed by atoms with E-state index in [-0.39, 0.29) is 0 Å². The average Bonchev–Trinajstić information content (AvgIpc) is 2.84. The maximum absolute atomic E-state index is 4.63. The summed E-state index contributed by atoms with van der Waals surface area (Å²) in [5.74, 6) is 0.602. The molecule has 1 saturated heterocycles. The topological polar surface area (TPSA) is 29.3 Å². The van der Waals surface area contributed by atoms with Gasteiger partial charge in [0.1, 0.15) is 0 Å². The van der Waals surface area contributed by atoms with Gasteiger partial charge in [-0.05, 0) is 37.6 Å². The smallest absolute Gasteiger partial charge is 0.0679 e. The molecule has 1 N–H and O–H groups in total. The first-order valence-corrected chi connectivity index (χ1v) is 5.49. The SMILES string of the molecule is Cc1ccc2cc(C3CCNC3)nn2c1. The van der Waals surface area contributed by atoms with Crippen LogP contribution in [0, 0.1) is 6.92 Å². The Hall–Kier alpha value is -1.35. The van der Waals surface area contributed by atoms with E-state index in [4.69, 9.17) is 0 Å². The quantitative estimate of drug-likeness (QED) is 0.761. The summed E-state index contributed by atoms with van der Waals surface area (Å²) in [4.78, 5) is 0. The summed E-state index contributed by atoms with van der Waals surface area (Å²) < 4.78 is 1.99. The van der Waals surface area contributed by atoms with E-state index in [0.717, 1.165) is 13.1 Å². The van der Waals surface area contributed by atoms with Gasteiger partial charge in [0.2, 0.25) is 0 Å². The molecule has 2 aromatic rings. The fourth-order valence-corrected chi connectivity index (χ4v) is 2.22. The van der Waals surface area contributed by atoms with Gasteiger partial charge in [-0.3, -0.25) is 0 Å². The third kappa shape index (κ3) is 1.53. The lowest BCUT2D eigenvalue weighted by molar-refractivity contribution is 0.718. The molecular weight excluding hydrogens is 186 g/mol. The molecule has 0 aliphatic carbocycles. The molecule has 1 aliphatic heterocycles. The molecule has 1 aliphatic rings. The Morgan fingerprint density at radius 1 is 1.47 bits per heavy atom. The molecule has 1 fully saturated rings. The minimum absolute atomic E-state index is 0.602. The third-order valence-electron chi connectivity index (χ3n) is 3.11. The number of rotatable bonds is 1. The zero-order chi connectivity index (χ0) is 10.3. The van der Waals surface area contributed by atoms with Gasteiger partial charge in [-0.15, -0.1) is 0 Å². The number of aryl methyl sites for hydroxylation is 1. The van der Waals surface area contributed by atoms with E-state index in [1.54, 1.807) is 0 Å². The first kappa shape index (κ1) is 8.92. The van der Waals surface area contributed by atoms with Crippen molar-refractivity contribution in [1.29, 1.82) is 0 Å². The van der Waals surface area contributed by atoms with Crippen LogP contribution in [0.4, 0.5) is 0 Å². The number of hydrogen-bond acceptors (Lipinski definition) is 2. The second-order valence-corrected chi connectivity index (χ2v) is 4.33. The normalized spacial score (nSPS) is 21.3. The van der Waals surface area contributed by atoms with Crippen LogP contribution in [0.25, 0.3) is 5.52 Å². The lowest BCUT2D eigenvalue weighted by Crippen LogP contribution is -2.08. The van der Waals surface area contributed by atoms with Gasteiger partial charge in [0, 0.05) is 18.7 Å². The zero-order valence-corrected chi connectivity index (χ0v) is 8.90. The van der Waals surface area contributed by atoms with Gasteiger partial charge in [0.15, 0.2) is 0 Å². The monoisotopic (exact) mass is 201 g/mol. The minimum Gasteiger partial charge on any atom is -0.316 e. The van der Waals surface area contributed by atoms with Crippen molar-refractivity contribution in [2.45, 2.75) is 19.3 Å². The van der Waals surface area contributed by atoms with E-state index in [0.29, 0.717) is 5.92 Å². The van der Waals surface area contributed by atoms with Gasteiger partial charge in [-0.25, -0.2) is 4.52 Å². The van der Waals surface area contributed by atoms with Crippen LogP contribution in [0.15, 0.2) is 24.4 Å². The molecule has 0 radical (unpaired) electrons. The Bertz CT molecular complexity index is 481. The van der Waals surface area contributed by atoms with Crippen LogP contribution in [0.2, 0.25) is 0 Å². The average molecular weight is 201 g/mol. The predicted octanol–water partition coefficient (Wildman–Crippen LogP) is 1.72. The molecule has 15 heavy (non-hydrogen) atoms. The van der Waals surface area contributed by atoms with Gasteiger partial charge < -0.3 is 5.32 Å². The Labute approximate surface area is 89.1 Å². The van der Waals surface area contributed by atoms with Crippen LogP contribution in [0.5, 0.6) is 0 Å². The van der Waals surface area contributed by atoms with Crippen molar-refractivity contribution in [3.63, 3.8) is 0 Å². The number of pyridine rings is 1.